The van der Waals surface area contributed by atoms with Crippen LogP contribution >= 0.6 is 0 Å². The van der Waals surface area contributed by atoms with Gasteiger partial charge in [-0.3, -0.25) is 0 Å². The highest BCUT2D eigenvalue weighted by Crippen LogP contribution is 2.08. The maximum atomic E-state index is 12.0. The molecule has 1 saturated heterocycles. The number of rotatable bonds is 5. The van der Waals surface area contributed by atoms with Crippen LogP contribution in [0.5, 0.6) is 0 Å². The lowest BCUT2D eigenvalue weighted by atomic mass is 10.4. The quantitative estimate of drug-likeness (QED) is 0.587. The Morgan fingerprint density at radius 2 is 1.83 bits per heavy atom. The first-order valence-corrected chi connectivity index (χ1v) is 5.69. The van der Waals surface area contributed by atoms with E-state index in [0.29, 0.717) is 6.61 Å². The van der Waals surface area contributed by atoms with Crippen LogP contribution < -0.4 is 17.1 Å². The summed E-state index contributed by atoms with van der Waals surface area (Å²) >= 11 is 0. The van der Waals surface area contributed by atoms with Gasteiger partial charge in [0.2, 0.25) is 0 Å². The third kappa shape index (κ3) is 2.29. The minimum Gasteiger partial charge on any atom is -0.396 e. The van der Waals surface area contributed by atoms with Crippen LogP contribution in [-0.2, 0) is 24.9 Å². The molecule has 8 nitrogen and oxygen atoms in total. The Bertz CT molecular complexity index is 607. The Balaban J connectivity index is 2.51. The van der Waals surface area contributed by atoms with Crippen molar-refractivity contribution in [3.8, 4) is 0 Å². The van der Waals surface area contributed by atoms with Gasteiger partial charge in [0.1, 0.15) is 0 Å². The molecule has 1 unspecified atom stereocenters. The number of aromatic nitrogens is 3. The molecule has 1 aliphatic rings. The van der Waals surface area contributed by atoms with Crippen molar-refractivity contribution in [1.82, 2.24) is 13.7 Å². The van der Waals surface area contributed by atoms with Crippen molar-refractivity contribution in [1.29, 1.82) is 0 Å². The van der Waals surface area contributed by atoms with Gasteiger partial charge in [-0.2, -0.15) is 0 Å². The van der Waals surface area contributed by atoms with Gasteiger partial charge in [-0.25, -0.2) is 28.1 Å². The summed E-state index contributed by atoms with van der Waals surface area (Å²) in [5, 5.41) is 8.75. The van der Waals surface area contributed by atoms with Crippen molar-refractivity contribution in [2.24, 2.45) is 7.05 Å². The summed E-state index contributed by atoms with van der Waals surface area (Å²) in [6.45, 7) is 0.643. The van der Waals surface area contributed by atoms with Crippen LogP contribution in [0.25, 0.3) is 0 Å². The molecular weight excluding hydrogens is 242 g/mol. The lowest BCUT2D eigenvalue weighted by molar-refractivity contribution is 0.274. The smallest absolute Gasteiger partial charge is 0.336 e. The van der Waals surface area contributed by atoms with Crippen molar-refractivity contribution in [3.05, 3.63) is 31.5 Å². The Kier molecular flexibility index (Phi) is 3.48. The molecule has 0 saturated carbocycles. The standard InChI is InChI=1S/C10H15N3O5/c1-11-8(15)12(3-2-4-14)10(17)13(9(11)16)5-7-6-18-7/h7,14H,2-6H2,1H3. The molecule has 1 aliphatic heterocycles. The van der Waals surface area contributed by atoms with E-state index in [1.807, 2.05) is 0 Å². The number of aliphatic hydroxyl groups is 1. The van der Waals surface area contributed by atoms with Gasteiger partial charge in [0.05, 0.1) is 19.3 Å². The highest BCUT2D eigenvalue weighted by atomic mass is 16.6. The fourth-order valence-electron chi connectivity index (χ4n) is 1.71. The van der Waals surface area contributed by atoms with E-state index in [4.69, 9.17) is 9.84 Å². The summed E-state index contributed by atoms with van der Waals surface area (Å²) in [6, 6.07) is 0. The second-order valence-corrected chi connectivity index (χ2v) is 4.20. The van der Waals surface area contributed by atoms with Crippen LogP contribution in [-0.4, -0.2) is 38.1 Å². The maximum Gasteiger partial charge on any atom is 0.336 e. The van der Waals surface area contributed by atoms with E-state index in [1.165, 1.54) is 7.05 Å². The average Bonchev–Trinajstić information content (AvgIpc) is 3.16. The van der Waals surface area contributed by atoms with Gasteiger partial charge in [0, 0.05) is 20.2 Å². The number of hydrogen-bond acceptors (Lipinski definition) is 5. The molecule has 0 spiro atoms. The van der Waals surface area contributed by atoms with E-state index in [2.05, 4.69) is 0 Å². The number of nitrogens with zero attached hydrogens (tertiary/aromatic N) is 3. The molecule has 1 aromatic rings. The predicted octanol–water partition coefficient (Wildman–Crippen LogP) is -2.51. The van der Waals surface area contributed by atoms with E-state index in [0.717, 1.165) is 13.7 Å². The van der Waals surface area contributed by atoms with Crippen molar-refractivity contribution >= 4 is 0 Å². The molecule has 100 valence electrons. The van der Waals surface area contributed by atoms with Crippen LogP contribution in [0.1, 0.15) is 6.42 Å². The Hall–Kier alpha value is -1.67. The van der Waals surface area contributed by atoms with Gasteiger partial charge in [-0.1, -0.05) is 0 Å². The third-order valence-corrected chi connectivity index (χ3v) is 2.83. The number of epoxide rings is 1. The van der Waals surface area contributed by atoms with Crippen LogP contribution in [0, 0.1) is 0 Å². The summed E-state index contributed by atoms with van der Waals surface area (Å²) in [6.07, 6.45) is 0.159. The number of ether oxygens (including phenoxy) is 1. The topological polar surface area (TPSA) is 98.8 Å². The van der Waals surface area contributed by atoms with Crippen LogP contribution in [0.15, 0.2) is 14.4 Å². The van der Waals surface area contributed by atoms with Gasteiger partial charge >= 0.3 is 17.1 Å². The summed E-state index contributed by atoms with van der Waals surface area (Å²) in [5.41, 5.74) is -1.95. The first-order valence-electron chi connectivity index (χ1n) is 5.69. The van der Waals surface area contributed by atoms with Crippen LogP contribution in [0.3, 0.4) is 0 Å². The molecule has 1 aromatic heterocycles. The second-order valence-electron chi connectivity index (χ2n) is 4.20. The molecule has 0 radical (unpaired) electrons. The summed E-state index contributed by atoms with van der Waals surface area (Å²) in [5.74, 6) is 0. The molecule has 1 fully saturated rings. The molecule has 8 heteroatoms. The molecule has 1 atom stereocenters. The molecule has 1 N–H and O–H groups in total. The van der Waals surface area contributed by atoms with E-state index in [-0.39, 0.29) is 32.2 Å². The molecule has 0 amide bonds. The van der Waals surface area contributed by atoms with Gasteiger partial charge < -0.3 is 9.84 Å². The molecule has 0 bridgehead atoms. The highest BCUT2D eigenvalue weighted by molar-refractivity contribution is 4.81. The lowest BCUT2D eigenvalue weighted by Gasteiger charge is -2.10. The highest BCUT2D eigenvalue weighted by Gasteiger charge is 2.25. The minimum absolute atomic E-state index is 0.0911. The van der Waals surface area contributed by atoms with Gasteiger partial charge in [-0.05, 0) is 6.42 Å². The maximum absolute atomic E-state index is 12.0. The lowest BCUT2D eigenvalue weighted by Crippen LogP contribution is -2.54. The van der Waals surface area contributed by atoms with Crippen LogP contribution in [0.4, 0.5) is 0 Å². The normalized spacial score (nSPS) is 18.0. The molecule has 2 rings (SSSR count). The molecule has 0 aliphatic carbocycles. The summed E-state index contributed by atoms with van der Waals surface area (Å²) in [7, 11) is 1.32. The van der Waals surface area contributed by atoms with Crippen molar-refractivity contribution in [2.45, 2.75) is 25.6 Å². The molecule has 18 heavy (non-hydrogen) atoms. The van der Waals surface area contributed by atoms with Gasteiger partial charge in [0.25, 0.3) is 0 Å². The summed E-state index contributed by atoms with van der Waals surface area (Å²) in [4.78, 5) is 35.6. The van der Waals surface area contributed by atoms with Crippen molar-refractivity contribution in [2.75, 3.05) is 13.2 Å². The van der Waals surface area contributed by atoms with E-state index in [9.17, 15) is 14.4 Å². The first kappa shape index (κ1) is 12.8. The van der Waals surface area contributed by atoms with E-state index >= 15 is 0 Å². The second kappa shape index (κ2) is 4.91. The average molecular weight is 257 g/mol. The van der Waals surface area contributed by atoms with Crippen molar-refractivity contribution in [3.63, 3.8) is 0 Å². The van der Waals surface area contributed by atoms with E-state index in [1.54, 1.807) is 0 Å². The first-order chi connectivity index (χ1) is 8.56. The number of hydrogen-bond donors (Lipinski definition) is 1. The van der Waals surface area contributed by atoms with Crippen molar-refractivity contribution < 1.29 is 9.84 Å². The van der Waals surface area contributed by atoms with E-state index < -0.39 is 17.1 Å². The third-order valence-electron chi connectivity index (χ3n) is 2.83. The Labute approximate surface area is 102 Å². The largest absolute Gasteiger partial charge is 0.396 e. The number of aliphatic hydroxyl groups excluding tert-OH is 1. The SMILES string of the molecule is Cn1c(=O)n(CCCO)c(=O)n(CC2CO2)c1=O. The zero-order chi connectivity index (χ0) is 13.3. The molecular formula is C10H15N3O5. The Morgan fingerprint density at radius 1 is 1.22 bits per heavy atom. The fourth-order valence-corrected chi connectivity index (χ4v) is 1.71. The molecule has 2 heterocycles. The molecule has 0 aromatic carbocycles. The minimum atomic E-state index is -0.661. The summed E-state index contributed by atoms with van der Waals surface area (Å²) < 4.78 is 7.82. The fraction of sp³-hybridized carbons (Fsp3) is 0.700. The van der Waals surface area contributed by atoms with Gasteiger partial charge in [0.15, 0.2) is 0 Å². The Morgan fingerprint density at radius 3 is 2.39 bits per heavy atom. The zero-order valence-corrected chi connectivity index (χ0v) is 10.0. The zero-order valence-electron chi connectivity index (χ0n) is 10.0. The van der Waals surface area contributed by atoms with Crippen LogP contribution in [0.2, 0.25) is 0 Å². The monoisotopic (exact) mass is 257 g/mol. The van der Waals surface area contributed by atoms with Gasteiger partial charge in [-0.15, -0.1) is 0 Å². The predicted molar refractivity (Wildman–Crippen MR) is 61.6 cm³/mol.